The number of benzene rings is 2. The first-order valence-corrected chi connectivity index (χ1v) is 7.79. The number of nitrogens with one attached hydrogen (secondary N) is 1. The van der Waals surface area contributed by atoms with E-state index in [-0.39, 0.29) is 0 Å². The molecule has 2 heteroatoms. The van der Waals surface area contributed by atoms with Gasteiger partial charge in [0.1, 0.15) is 5.75 Å². The van der Waals surface area contributed by atoms with Crippen molar-refractivity contribution in [2.75, 3.05) is 13.7 Å². The summed E-state index contributed by atoms with van der Waals surface area (Å²) in [7, 11) is 1.70. The molecule has 2 atom stereocenters. The van der Waals surface area contributed by atoms with Crippen LogP contribution in [-0.4, -0.2) is 13.7 Å². The van der Waals surface area contributed by atoms with E-state index >= 15 is 0 Å². The van der Waals surface area contributed by atoms with Crippen LogP contribution in [0.15, 0.2) is 60.7 Å². The van der Waals surface area contributed by atoms with Gasteiger partial charge in [0.05, 0.1) is 7.11 Å². The van der Waals surface area contributed by atoms with Crippen molar-refractivity contribution >= 4 is 6.08 Å². The number of rotatable bonds is 7. The molecule has 116 valence electrons. The zero-order valence-corrected chi connectivity index (χ0v) is 13.6. The van der Waals surface area contributed by atoms with Crippen LogP contribution in [0, 0.1) is 5.92 Å². The molecule has 0 aliphatic carbocycles. The molecule has 0 bridgehead atoms. The van der Waals surface area contributed by atoms with Crippen molar-refractivity contribution in [3.05, 3.63) is 71.8 Å². The zero-order valence-electron chi connectivity index (χ0n) is 13.6. The van der Waals surface area contributed by atoms with Gasteiger partial charge in [0.15, 0.2) is 0 Å². The van der Waals surface area contributed by atoms with E-state index in [1.165, 1.54) is 11.1 Å². The minimum Gasteiger partial charge on any atom is -0.497 e. The molecule has 0 aliphatic heterocycles. The Bertz CT molecular complexity index is 592. The fraction of sp³-hybridized carbons (Fsp3) is 0.300. The highest BCUT2D eigenvalue weighted by molar-refractivity contribution is 5.48. The van der Waals surface area contributed by atoms with Gasteiger partial charge in [-0.15, -0.1) is 0 Å². The Morgan fingerprint density at radius 3 is 2.55 bits per heavy atom. The summed E-state index contributed by atoms with van der Waals surface area (Å²) in [6.45, 7) is 5.36. The Labute approximate surface area is 133 Å². The van der Waals surface area contributed by atoms with Gasteiger partial charge in [0, 0.05) is 12.6 Å². The average Bonchev–Trinajstić information content (AvgIpc) is 2.58. The van der Waals surface area contributed by atoms with Crippen molar-refractivity contribution in [3.63, 3.8) is 0 Å². The molecule has 0 saturated carbocycles. The first-order chi connectivity index (χ1) is 10.7. The molecule has 0 amide bonds. The summed E-state index contributed by atoms with van der Waals surface area (Å²) in [5.74, 6) is 1.39. The molecule has 0 aromatic heterocycles. The van der Waals surface area contributed by atoms with Gasteiger partial charge in [-0.25, -0.2) is 0 Å². The van der Waals surface area contributed by atoms with Crippen LogP contribution in [0.4, 0.5) is 0 Å². The lowest BCUT2D eigenvalue weighted by Gasteiger charge is -2.17. The number of ether oxygens (including phenoxy) is 1. The lowest BCUT2D eigenvalue weighted by molar-refractivity contribution is 0.413. The Kier molecular flexibility index (Phi) is 6.23. The molecular weight excluding hydrogens is 270 g/mol. The molecule has 0 heterocycles. The van der Waals surface area contributed by atoms with Crippen LogP contribution in [0.1, 0.15) is 31.0 Å². The third-order valence-corrected chi connectivity index (χ3v) is 3.76. The molecular formula is C20H25NO. The summed E-state index contributed by atoms with van der Waals surface area (Å²) in [6, 6.07) is 18.9. The van der Waals surface area contributed by atoms with Crippen LogP contribution < -0.4 is 10.1 Å². The van der Waals surface area contributed by atoms with E-state index < -0.39 is 0 Å². The molecule has 2 rings (SSSR count). The second-order valence-corrected chi connectivity index (χ2v) is 5.65. The van der Waals surface area contributed by atoms with Crippen molar-refractivity contribution < 1.29 is 4.74 Å². The molecule has 2 aromatic rings. The van der Waals surface area contributed by atoms with Crippen molar-refractivity contribution in [2.24, 2.45) is 5.92 Å². The second-order valence-electron chi connectivity index (χ2n) is 5.65. The smallest absolute Gasteiger partial charge is 0.119 e. The van der Waals surface area contributed by atoms with Crippen molar-refractivity contribution in [2.45, 2.75) is 19.9 Å². The van der Waals surface area contributed by atoms with Crippen LogP contribution >= 0.6 is 0 Å². The van der Waals surface area contributed by atoms with Gasteiger partial charge in [-0.1, -0.05) is 61.5 Å². The van der Waals surface area contributed by atoms with Gasteiger partial charge < -0.3 is 10.1 Å². The van der Waals surface area contributed by atoms with Crippen LogP contribution in [0.5, 0.6) is 5.75 Å². The van der Waals surface area contributed by atoms with E-state index in [1.807, 2.05) is 18.2 Å². The predicted molar refractivity (Wildman–Crippen MR) is 94.1 cm³/mol. The highest BCUT2D eigenvalue weighted by Crippen LogP contribution is 2.19. The van der Waals surface area contributed by atoms with Gasteiger partial charge in [-0.2, -0.15) is 0 Å². The van der Waals surface area contributed by atoms with E-state index in [0.29, 0.717) is 12.0 Å². The minimum atomic E-state index is 0.308. The van der Waals surface area contributed by atoms with E-state index in [2.05, 4.69) is 67.7 Å². The molecule has 0 radical (unpaired) electrons. The Hall–Kier alpha value is -2.06. The molecule has 2 nitrogen and oxygen atoms in total. The van der Waals surface area contributed by atoms with Crippen molar-refractivity contribution in [1.82, 2.24) is 5.32 Å². The zero-order chi connectivity index (χ0) is 15.8. The molecule has 0 fully saturated rings. The first kappa shape index (κ1) is 16.3. The predicted octanol–water partition coefficient (Wildman–Crippen LogP) is 4.70. The van der Waals surface area contributed by atoms with E-state index in [1.54, 1.807) is 7.11 Å². The summed E-state index contributed by atoms with van der Waals surface area (Å²) in [5, 5.41) is 3.58. The fourth-order valence-electron chi connectivity index (χ4n) is 2.30. The largest absolute Gasteiger partial charge is 0.497 e. The van der Waals surface area contributed by atoms with Crippen molar-refractivity contribution in [3.8, 4) is 5.75 Å². The summed E-state index contributed by atoms with van der Waals surface area (Å²) in [4.78, 5) is 0. The van der Waals surface area contributed by atoms with Crippen LogP contribution in [0.25, 0.3) is 6.08 Å². The number of methoxy groups -OCH3 is 1. The van der Waals surface area contributed by atoms with Crippen LogP contribution in [0.3, 0.4) is 0 Å². The van der Waals surface area contributed by atoms with E-state index in [4.69, 9.17) is 4.74 Å². The van der Waals surface area contributed by atoms with Crippen LogP contribution in [0.2, 0.25) is 0 Å². The molecule has 0 aliphatic rings. The van der Waals surface area contributed by atoms with Gasteiger partial charge in [0.2, 0.25) is 0 Å². The van der Waals surface area contributed by atoms with Gasteiger partial charge in [-0.3, -0.25) is 0 Å². The normalized spacial score (nSPS) is 14.0. The summed E-state index contributed by atoms with van der Waals surface area (Å²) < 4.78 is 5.28. The van der Waals surface area contributed by atoms with Gasteiger partial charge in [-0.05, 0) is 36.1 Å². The molecule has 2 unspecified atom stereocenters. The summed E-state index contributed by atoms with van der Waals surface area (Å²) in [6.07, 6.45) is 4.43. The van der Waals surface area contributed by atoms with Gasteiger partial charge in [0.25, 0.3) is 0 Å². The maximum Gasteiger partial charge on any atom is 0.119 e. The number of hydrogen-bond donors (Lipinski definition) is 1. The van der Waals surface area contributed by atoms with Crippen LogP contribution in [-0.2, 0) is 0 Å². The quantitative estimate of drug-likeness (QED) is 0.799. The lowest BCUT2D eigenvalue weighted by Crippen LogP contribution is -2.23. The highest BCUT2D eigenvalue weighted by Gasteiger charge is 2.07. The standard InChI is InChI=1S/C20H25NO/c1-16(12-13-18-8-5-4-6-9-18)15-21-17(2)19-10-7-11-20(14-19)22-3/h4-14,16-17,21H,15H2,1-3H3/b13-12+. The maximum atomic E-state index is 5.28. The first-order valence-electron chi connectivity index (χ1n) is 7.79. The van der Waals surface area contributed by atoms with Gasteiger partial charge >= 0.3 is 0 Å². The second kappa shape index (κ2) is 8.40. The lowest BCUT2D eigenvalue weighted by atomic mass is 10.1. The third-order valence-electron chi connectivity index (χ3n) is 3.76. The Balaban J connectivity index is 1.85. The van der Waals surface area contributed by atoms with E-state index in [0.717, 1.165) is 12.3 Å². The molecule has 0 spiro atoms. The Morgan fingerprint density at radius 1 is 1.05 bits per heavy atom. The van der Waals surface area contributed by atoms with Crippen molar-refractivity contribution in [1.29, 1.82) is 0 Å². The summed E-state index contributed by atoms with van der Waals surface area (Å²) >= 11 is 0. The minimum absolute atomic E-state index is 0.308. The number of hydrogen-bond acceptors (Lipinski definition) is 2. The summed E-state index contributed by atoms with van der Waals surface area (Å²) in [5.41, 5.74) is 2.49. The maximum absolute atomic E-state index is 5.28. The third kappa shape index (κ3) is 5.05. The molecule has 22 heavy (non-hydrogen) atoms. The SMILES string of the molecule is COc1cccc(C(C)NCC(C)/C=C/c2ccccc2)c1. The molecule has 0 saturated heterocycles. The molecule has 1 N–H and O–H groups in total. The Morgan fingerprint density at radius 2 is 1.82 bits per heavy atom. The highest BCUT2D eigenvalue weighted by atomic mass is 16.5. The monoisotopic (exact) mass is 295 g/mol. The van der Waals surface area contributed by atoms with E-state index in [9.17, 15) is 0 Å². The molecule has 2 aromatic carbocycles. The average molecular weight is 295 g/mol. The fourth-order valence-corrected chi connectivity index (χ4v) is 2.30. The topological polar surface area (TPSA) is 21.3 Å².